The normalized spacial score (nSPS) is 11.0. The van der Waals surface area contributed by atoms with Gasteiger partial charge in [-0.15, -0.1) is 10.2 Å². The lowest BCUT2D eigenvalue weighted by molar-refractivity contribution is 0.415. The lowest BCUT2D eigenvalue weighted by Gasteiger charge is -2.04. The highest BCUT2D eigenvalue weighted by Gasteiger charge is 2.06. The van der Waals surface area contributed by atoms with Gasteiger partial charge in [-0.1, -0.05) is 0 Å². The third kappa shape index (κ3) is 3.03. The van der Waals surface area contributed by atoms with Gasteiger partial charge in [0.25, 0.3) is 0 Å². The highest BCUT2D eigenvalue weighted by molar-refractivity contribution is 5.82. The van der Waals surface area contributed by atoms with Gasteiger partial charge in [-0.25, -0.2) is 4.98 Å². The molecule has 7 heteroatoms. The van der Waals surface area contributed by atoms with Crippen LogP contribution in [0.3, 0.4) is 0 Å². The highest BCUT2D eigenvalue weighted by atomic mass is 16.5. The van der Waals surface area contributed by atoms with Crippen molar-refractivity contribution in [3.8, 4) is 17.3 Å². The standard InChI is InChI=1S/C18H18N6O/c1-24-8-7-19-18(24)16-5-6-17(23-22-16)20-11-13-9-12-10-14(25-2)3-4-15(12)21-13/h3-10,21H,11H2,1-2H3,(H,20,23). The molecule has 1 aromatic carbocycles. The number of benzene rings is 1. The Morgan fingerprint density at radius 3 is 2.80 bits per heavy atom. The largest absolute Gasteiger partial charge is 0.497 e. The number of H-pyrrole nitrogens is 1. The van der Waals surface area contributed by atoms with E-state index in [0.29, 0.717) is 12.4 Å². The van der Waals surface area contributed by atoms with E-state index in [2.05, 4.69) is 31.5 Å². The number of nitrogens with one attached hydrogen (secondary N) is 2. The van der Waals surface area contributed by atoms with E-state index in [-0.39, 0.29) is 0 Å². The monoisotopic (exact) mass is 334 g/mol. The van der Waals surface area contributed by atoms with E-state index in [4.69, 9.17) is 4.74 Å². The van der Waals surface area contributed by atoms with Crippen molar-refractivity contribution in [1.82, 2.24) is 24.7 Å². The Bertz CT molecular complexity index is 1000. The minimum Gasteiger partial charge on any atom is -0.497 e. The summed E-state index contributed by atoms with van der Waals surface area (Å²) >= 11 is 0. The third-order valence-electron chi connectivity index (χ3n) is 4.06. The Kier molecular flexibility index (Phi) is 3.81. The van der Waals surface area contributed by atoms with E-state index in [0.717, 1.165) is 33.9 Å². The summed E-state index contributed by atoms with van der Waals surface area (Å²) in [6.45, 7) is 0.632. The van der Waals surface area contributed by atoms with Gasteiger partial charge >= 0.3 is 0 Å². The van der Waals surface area contributed by atoms with Crippen LogP contribution in [-0.4, -0.2) is 31.8 Å². The number of imidazole rings is 1. The van der Waals surface area contributed by atoms with E-state index in [1.54, 1.807) is 13.3 Å². The quantitative estimate of drug-likeness (QED) is 0.586. The first kappa shape index (κ1) is 15.2. The summed E-state index contributed by atoms with van der Waals surface area (Å²) in [5.74, 6) is 2.36. The SMILES string of the molecule is COc1ccc2[nH]c(CNc3ccc(-c4nccn4C)nn3)cc2c1. The molecule has 4 rings (SSSR count). The minimum atomic E-state index is 0.632. The van der Waals surface area contributed by atoms with Crippen molar-refractivity contribution in [1.29, 1.82) is 0 Å². The number of methoxy groups -OCH3 is 1. The van der Waals surface area contributed by atoms with E-state index in [1.165, 1.54) is 0 Å². The molecule has 0 unspecified atom stereocenters. The molecule has 126 valence electrons. The number of rotatable bonds is 5. The molecular weight excluding hydrogens is 316 g/mol. The average molecular weight is 334 g/mol. The average Bonchev–Trinajstić information content (AvgIpc) is 3.25. The summed E-state index contributed by atoms with van der Waals surface area (Å²) < 4.78 is 7.17. The van der Waals surface area contributed by atoms with Gasteiger partial charge in [0.05, 0.1) is 13.7 Å². The maximum Gasteiger partial charge on any atom is 0.160 e. The number of fused-ring (bicyclic) bond motifs is 1. The molecule has 0 aliphatic rings. The molecule has 0 spiro atoms. The van der Waals surface area contributed by atoms with Crippen LogP contribution < -0.4 is 10.1 Å². The van der Waals surface area contributed by atoms with E-state index in [1.807, 2.05) is 48.1 Å². The molecule has 0 amide bonds. The van der Waals surface area contributed by atoms with Crippen LogP contribution in [0.2, 0.25) is 0 Å². The van der Waals surface area contributed by atoms with Gasteiger partial charge in [0.2, 0.25) is 0 Å². The van der Waals surface area contributed by atoms with Crippen molar-refractivity contribution in [3.05, 3.63) is 54.5 Å². The van der Waals surface area contributed by atoms with Crippen LogP contribution in [0.4, 0.5) is 5.82 Å². The Balaban J connectivity index is 1.47. The third-order valence-corrected chi connectivity index (χ3v) is 4.06. The zero-order valence-electron chi connectivity index (χ0n) is 14.0. The van der Waals surface area contributed by atoms with E-state index >= 15 is 0 Å². The number of hydrogen-bond acceptors (Lipinski definition) is 5. The Morgan fingerprint density at radius 2 is 2.08 bits per heavy atom. The first-order chi connectivity index (χ1) is 12.2. The number of ether oxygens (including phenoxy) is 1. The smallest absolute Gasteiger partial charge is 0.160 e. The predicted octanol–water partition coefficient (Wildman–Crippen LogP) is 2.98. The Labute approximate surface area is 144 Å². The molecule has 3 aromatic heterocycles. The van der Waals surface area contributed by atoms with Crippen molar-refractivity contribution in [2.45, 2.75) is 6.54 Å². The molecule has 0 aliphatic carbocycles. The second-order valence-corrected chi connectivity index (χ2v) is 5.77. The van der Waals surface area contributed by atoms with Gasteiger partial charge in [-0.2, -0.15) is 0 Å². The van der Waals surface area contributed by atoms with Crippen LogP contribution in [0.15, 0.2) is 48.8 Å². The molecule has 0 saturated heterocycles. The second-order valence-electron chi connectivity index (χ2n) is 5.77. The van der Waals surface area contributed by atoms with E-state index in [9.17, 15) is 0 Å². The predicted molar refractivity (Wildman–Crippen MR) is 96.4 cm³/mol. The van der Waals surface area contributed by atoms with Gasteiger partial charge in [-0.3, -0.25) is 0 Å². The van der Waals surface area contributed by atoms with Crippen molar-refractivity contribution >= 4 is 16.7 Å². The van der Waals surface area contributed by atoms with Crippen molar-refractivity contribution in [2.75, 3.05) is 12.4 Å². The van der Waals surface area contributed by atoms with Crippen molar-refractivity contribution in [3.63, 3.8) is 0 Å². The molecule has 0 bridgehead atoms. The summed E-state index contributed by atoms with van der Waals surface area (Å²) in [4.78, 5) is 7.65. The van der Waals surface area contributed by atoms with Crippen LogP contribution in [-0.2, 0) is 13.6 Å². The molecule has 0 saturated carbocycles. The van der Waals surface area contributed by atoms with Crippen LogP contribution in [0.1, 0.15) is 5.69 Å². The van der Waals surface area contributed by atoms with Crippen LogP contribution in [0.5, 0.6) is 5.75 Å². The van der Waals surface area contributed by atoms with Crippen LogP contribution in [0, 0.1) is 0 Å². The topological polar surface area (TPSA) is 80.6 Å². The van der Waals surface area contributed by atoms with Crippen LogP contribution >= 0.6 is 0 Å². The number of hydrogen-bond donors (Lipinski definition) is 2. The maximum atomic E-state index is 5.26. The second kappa shape index (κ2) is 6.27. The molecule has 3 heterocycles. The molecule has 7 nitrogen and oxygen atoms in total. The minimum absolute atomic E-state index is 0.632. The van der Waals surface area contributed by atoms with Gasteiger partial charge in [0.1, 0.15) is 17.3 Å². The molecule has 2 N–H and O–H groups in total. The number of aromatic amines is 1. The number of nitrogens with zero attached hydrogens (tertiary/aromatic N) is 4. The fraction of sp³-hybridized carbons (Fsp3) is 0.167. The van der Waals surface area contributed by atoms with Gasteiger partial charge in [0.15, 0.2) is 5.82 Å². The van der Waals surface area contributed by atoms with Gasteiger partial charge in [0, 0.05) is 36.0 Å². The Hall–Kier alpha value is -3.35. The van der Waals surface area contributed by atoms with Crippen molar-refractivity contribution in [2.24, 2.45) is 7.05 Å². The number of aryl methyl sites for hydroxylation is 1. The first-order valence-electron chi connectivity index (χ1n) is 7.94. The van der Waals surface area contributed by atoms with Gasteiger partial charge < -0.3 is 19.6 Å². The Morgan fingerprint density at radius 1 is 1.16 bits per heavy atom. The number of anilines is 1. The van der Waals surface area contributed by atoms with E-state index < -0.39 is 0 Å². The summed E-state index contributed by atoms with van der Waals surface area (Å²) in [7, 11) is 3.60. The van der Waals surface area contributed by atoms with Crippen LogP contribution in [0.25, 0.3) is 22.4 Å². The molecule has 0 fully saturated rings. The summed E-state index contributed by atoms with van der Waals surface area (Å²) in [5.41, 5.74) is 2.89. The molecule has 0 radical (unpaired) electrons. The summed E-state index contributed by atoms with van der Waals surface area (Å²) in [5, 5.41) is 12.9. The molecule has 4 aromatic rings. The summed E-state index contributed by atoms with van der Waals surface area (Å²) in [6, 6.07) is 11.9. The number of aromatic nitrogens is 5. The molecule has 0 aliphatic heterocycles. The summed E-state index contributed by atoms with van der Waals surface area (Å²) in [6.07, 6.45) is 3.63. The fourth-order valence-electron chi connectivity index (χ4n) is 2.74. The lowest BCUT2D eigenvalue weighted by atomic mass is 10.2. The first-order valence-corrected chi connectivity index (χ1v) is 7.94. The maximum absolute atomic E-state index is 5.26. The molecule has 25 heavy (non-hydrogen) atoms. The molecule has 0 atom stereocenters. The highest BCUT2D eigenvalue weighted by Crippen LogP contribution is 2.22. The van der Waals surface area contributed by atoms with Crippen molar-refractivity contribution < 1.29 is 4.74 Å². The van der Waals surface area contributed by atoms with Gasteiger partial charge in [-0.05, 0) is 36.4 Å². The lowest BCUT2D eigenvalue weighted by Crippen LogP contribution is -2.03. The fourth-order valence-corrected chi connectivity index (χ4v) is 2.74. The molecular formula is C18H18N6O. The zero-order valence-corrected chi connectivity index (χ0v) is 14.0. The zero-order chi connectivity index (χ0) is 17.2.